The molecule has 0 aromatic carbocycles. The maximum Gasteiger partial charge on any atom is 0.227 e. The van der Waals surface area contributed by atoms with Crippen LogP contribution in [-0.2, 0) is 9.59 Å². The number of carbonyl (C=O) groups excluding carboxylic acids is 2. The minimum atomic E-state index is -0.0525. The van der Waals surface area contributed by atoms with Crippen molar-refractivity contribution in [1.29, 1.82) is 0 Å². The molecule has 0 bridgehead atoms. The predicted octanol–water partition coefficient (Wildman–Crippen LogP) is 5.17. The second kappa shape index (κ2) is 12.5. The van der Waals surface area contributed by atoms with Crippen molar-refractivity contribution in [3.05, 3.63) is 0 Å². The van der Waals surface area contributed by atoms with Crippen LogP contribution in [0.25, 0.3) is 0 Å². The van der Waals surface area contributed by atoms with Gasteiger partial charge in [0.2, 0.25) is 5.91 Å². The second-order valence-corrected chi connectivity index (χ2v) is 7.21. The van der Waals surface area contributed by atoms with E-state index >= 15 is 0 Å². The van der Waals surface area contributed by atoms with Crippen LogP contribution in [0.15, 0.2) is 0 Å². The van der Waals surface area contributed by atoms with Gasteiger partial charge in [-0.3, -0.25) is 9.59 Å². The summed E-state index contributed by atoms with van der Waals surface area (Å²) in [4.78, 5) is 24.0. The van der Waals surface area contributed by atoms with Gasteiger partial charge in [-0.1, -0.05) is 71.6 Å². The van der Waals surface area contributed by atoms with Gasteiger partial charge in [0.15, 0.2) is 0 Å². The minimum Gasteiger partial charge on any atom is -0.353 e. The van der Waals surface area contributed by atoms with Gasteiger partial charge in [0.05, 0.1) is 6.42 Å². The van der Waals surface area contributed by atoms with Crippen molar-refractivity contribution >= 4 is 11.7 Å². The van der Waals surface area contributed by atoms with Gasteiger partial charge < -0.3 is 5.32 Å². The van der Waals surface area contributed by atoms with Gasteiger partial charge in [-0.15, -0.1) is 0 Å². The zero-order valence-electron chi connectivity index (χ0n) is 15.4. The van der Waals surface area contributed by atoms with Gasteiger partial charge in [-0.2, -0.15) is 0 Å². The molecule has 1 N–H and O–H groups in total. The minimum absolute atomic E-state index is 0.0525. The number of hydrogen-bond donors (Lipinski definition) is 1. The van der Waals surface area contributed by atoms with E-state index < -0.39 is 0 Å². The molecule has 2 atom stereocenters. The van der Waals surface area contributed by atoms with Gasteiger partial charge in [-0.05, 0) is 25.2 Å². The standard InChI is InChI=1S/C20H37NO2/c1-3-5-6-7-8-9-10-14-18(22)16-20(23)21-19-15-12-11-13-17(19)4-2/h17,19H,3-16H2,1-2H3,(H,21,23)/t17?,19-/m0/s1. The number of hydrogen-bond acceptors (Lipinski definition) is 2. The molecule has 0 saturated heterocycles. The summed E-state index contributed by atoms with van der Waals surface area (Å²) < 4.78 is 0. The molecule has 0 aromatic rings. The first-order valence-electron chi connectivity index (χ1n) is 9.98. The molecule has 1 fully saturated rings. The zero-order valence-corrected chi connectivity index (χ0v) is 15.4. The fraction of sp³-hybridized carbons (Fsp3) is 0.900. The maximum atomic E-state index is 12.1. The number of rotatable bonds is 12. The van der Waals surface area contributed by atoms with Crippen molar-refractivity contribution < 1.29 is 9.59 Å². The molecule has 1 saturated carbocycles. The molecule has 1 amide bonds. The van der Waals surface area contributed by atoms with E-state index in [-0.39, 0.29) is 18.1 Å². The fourth-order valence-corrected chi connectivity index (χ4v) is 3.69. The molecule has 1 rings (SSSR count). The average Bonchev–Trinajstić information content (AvgIpc) is 2.54. The molecule has 1 unspecified atom stereocenters. The van der Waals surface area contributed by atoms with Crippen LogP contribution in [0.1, 0.15) is 104 Å². The van der Waals surface area contributed by atoms with Crippen LogP contribution < -0.4 is 5.32 Å². The highest BCUT2D eigenvalue weighted by atomic mass is 16.2. The summed E-state index contributed by atoms with van der Waals surface area (Å²) in [5, 5.41) is 3.12. The summed E-state index contributed by atoms with van der Waals surface area (Å²) in [5.74, 6) is 0.661. The summed E-state index contributed by atoms with van der Waals surface area (Å²) in [7, 11) is 0. The van der Waals surface area contributed by atoms with Gasteiger partial charge in [0.1, 0.15) is 5.78 Å². The normalized spacial score (nSPS) is 21.1. The van der Waals surface area contributed by atoms with Crippen LogP contribution >= 0.6 is 0 Å². The van der Waals surface area contributed by atoms with Gasteiger partial charge >= 0.3 is 0 Å². The lowest BCUT2D eigenvalue weighted by molar-refractivity contribution is -0.129. The summed E-state index contributed by atoms with van der Waals surface area (Å²) >= 11 is 0. The Kier molecular flexibility index (Phi) is 11.0. The second-order valence-electron chi connectivity index (χ2n) is 7.21. The van der Waals surface area contributed by atoms with Gasteiger partial charge in [0.25, 0.3) is 0 Å². The zero-order chi connectivity index (χ0) is 16.9. The van der Waals surface area contributed by atoms with E-state index in [4.69, 9.17) is 0 Å². The fourth-order valence-electron chi connectivity index (χ4n) is 3.69. The van der Waals surface area contributed by atoms with Crippen molar-refractivity contribution in [2.24, 2.45) is 5.92 Å². The molecule has 23 heavy (non-hydrogen) atoms. The Morgan fingerprint density at radius 3 is 2.26 bits per heavy atom. The third-order valence-corrected chi connectivity index (χ3v) is 5.20. The predicted molar refractivity (Wildman–Crippen MR) is 96.4 cm³/mol. The molecule has 0 radical (unpaired) electrons. The highest BCUT2D eigenvalue weighted by Gasteiger charge is 2.25. The van der Waals surface area contributed by atoms with Crippen molar-refractivity contribution in [2.75, 3.05) is 0 Å². The molecular weight excluding hydrogens is 286 g/mol. The Bertz CT molecular complexity index is 341. The lowest BCUT2D eigenvalue weighted by atomic mass is 9.83. The number of Topliss-reactive ketones (excluding diaryl/α,β-unsaturated/α-hetero) is 1. The Hall–Kier alpha value is -0.860. The van der Waals surface area contributed by atoms with Crippen molar-refractivity contribution in [3.63, 3.8) is 0 Å². The highest BCUT2D eigenvalue weighted by molar-refractivity contribution is 5.98. The molecule has 0 spiro atoms. The smallest absolute Gasteiger partial charge is 0.227 e. The number of amides is 1. The molecule has 0 aromatic heterocycles. The largest absolute Gasteiger partial charge is 0.353 e. The van der Waals surface area contributed by atoms with Crippen molar-refractivity contribution in [3.8, 4) is 0 Å². The average molecular weight is 324 g/mol. The number of ketones is 1. The summed E-state index contributed by atoms with van der Waals surface area (Å²) in [6.45, 7) is 4.42. The first-order valence-corrected chi connectivity index (χ1v) is 9.98. The van der Waals surface area contributed by atoms with Gasteiger partial charge in [-0.25, -0.2) is 0 Å². The van der Waals surface area contributed by atoms with E-state index in [2.05, 4.69) is 19.2 Å². The third kappa shape index (κ3) is 9.12. The topological polar surface area (TPSA) is 46.2 Å². The Morgan fingerprint density at radius 1 is 0.913 bits per heavy atom. The quantitative estimate of drug-likeness (QED) is 0.398. The molecule has 1 aliphatic rings. The number of nitrogens with one attached hydrogen (secondary N) is 1. The SMILES string of the molecule is CCCCCCCCCC(=O)CC(=O)N[C@H]1CCCCC1CC. The van der Waals surface area contributed by atoms with Crippen LogP contribution in [0.5, 0.6) is 0 Å². The molecule has 1 aliphatic carbocycles. The van der Waals surface area contributed by atoms with E-state index in [1.54, 1.807) is 0 Å². The first-order chi connectivity index (χ1) is 11.2. The van der Waals surface area contributed by atoms with Crippen molar-refractivity contribution in [1.82, 2.24) is 5.32 Å². The Balaban J connectivity index is 2.10. The van der Waals surface area contributed by atoms with E-state index in [0.29, 0.717) is 18.4 Å². The van der Waals surface area contributed by atoms with E-state index in [1.807, 2.05) is 0 Å². The number of carbonyl (C=O) groups is 2. The van der Waals surface area contributed by atoms with Crippen LogP contribution in [0.3, 0.4) is 0 Å². The monoisotopic (exact) mass is 323 g/mol. The maximum absolute atomic E-state index is 12.1. The third-order valence-electron chi connectivity index (χ3n) is 5.20. The van der Waals surface area contributed by atoms with E-state index in [0.717, 1.165) is 25.7 Å². The molecular formula is C20H37NO2. The van der Waals surface area contributed by atoms with Crippen LogP contribution in [-0.4, -0.2) is 17.7 Å². The number of unbranched alkanes of at least 4 members (excludes halogenated alkanes) is 6. The molecule has 0 aliphatic heterocycles. The summed E-state index contributed by atoms with van der Waals surface area (Å²) in [5.41, 5.74) is 0. The van der Waals surface area contributed by atoms with Gasteiger partial charge in [0, 0.05) is 12.5 Å². The molecule has 3 nitrogen and oxygen atoms in total. The Morgan fingerprint density at radius 2 is 1.57 bits per heavy atom. The molecule has 3 heteroatoms. The molecule has 0 heterocycles. The molecule has 134 valence electrons. The highest BCUT2D eigenvalue weighted by Crippen LogP contribution is 2.26. The lowest BCUT2D eigenvalue weighted by Gasteiger charge is -2.31. The van der Waals surface area contributed by atoms with E-state index in [9.17, 15) is 9.59 Å². The summed E-state index contributed by atoms with van der Waals surface area (Å²) in [6, 6.07) is 0.299. The Labute approximate surface area is 143 Å². The first kappa shape index (κ1) is 20.2. The summed E-state index contributed by atoms with van der Waals surface area (Å²) in [6.07, 6.45) is 15.0. The van der Waals surface area contributed by atoms with Crippen molar-refractivity contribution in [2.45, 2.75) is 110 Å². The van der Waals surface area contributed by atoms with Crippen LogP contribution in [0.2, 0.25) is 0 Å². The van der Waals surface area contributed by atoms with E-state index in [1.165, 1.54) is 51.4 Å². The lowest BCUT2D eigenvalue weighted by Crippen LogP contribution is -2.42. The van der Waals surface area contributed by atoms with Crippen LogP contribution in [0.4, 0.5) is 0 Å². The van der Waals surface area contributed by atoms with Crippen LogP contribution in [0, 0.1) is 5.92 Å².